The number of ether oxygens (including phenoxy) is 5. The largest absolute Gasteiger partial charge is 0.465 e. The number of rotatable bonds is 7. The van der Waals surface area contributed by atoms with E-state index in [1.165, 1.54) is 27.2 Å². The van der Waals surface area contributed by atoms with Crippen molar-refractivity contribution in [2.75, 3.05) is 14.2 Å². The van der Waals surface area contributed by atoms with Gasteiger partial charge in [0.1, 0.15) is 11.9 Å². The first kappa shape index (κ1) is 26.2. The monoisotopic (exact) mass is 488 g/mol. The van der Waals surface area contributed by atoms with Gasteiger partial charge in [-0.25, -0.2) is 14.0 Å². The molecule has 0 spiro atoms. The summed E-state index contributed by atoms with van der Waals surface area (Å²) in [6, 6.07) is 11.2. The fraction of sp³-hybridized carbons (Fsp3) is 0.423. The predicted molar refractivity (Wildman–Crippen MR) is 124 cm³/mol. The zero-order valence-electron chi connectivity index (χ0n) is 20.3. The number of benzene rings is 2. The highest BCUT2D eigenvalue weighted by Crippen LogP contribution is 2.34. The van der Waals surface area contributed by atoms with Gasteiger partial charge in [-0.2, -0.15) is 0 Å². The van der Waals surface area contributed by atoms with Gasteiger partial charge in [-0.1, -0.05) is 26.0 Å². The summed E-state index contributed by atoms with van der Waals surface area (Å²) in [5.41, 5.74) is 1.63. The first-order chi connectivity index (χ1) is 16.7. The van der Waals surface area contributed by atoms with Crippen LogP contribution in [0.25, 0.3) is 11.1 Å². The van der Waals surface area contributed by atoms with Gasteiger partial charge < -0.3 is 23.7 Å². The highest BCUT2D eigenvalue weighted by Gasteiger charge is 2.47. The highest BCUT2D eigenvalue weighted by molar-refractivity contribution is 5.97. The lowest BCUT2D eigenvalue weighted by molar-refractivity contribution is -0.243. The van der Waals surface area contributed by atoms with E-state index >= 15 is 4.39 Å². The lowest BCUT2D eigenvalue weighted by Gasteiger charge is -2.41. The average molecular weight is 489 g/mol. The van der Waals surface area contributed by atoms with Gasteiger partial charge in [-0.15, -0.1) is 0 Å². The molecule has 3 rings (SSSR count). The molecule has 0 aromatic heterocycles. The summed E-state index contributed by atoms with van der Waals surface area (Å²) in [5.74, 6) is -1.74. The molecule has 1 saturated heterocycles. The van der Waals surface area contributed by atoms with Gasteiger partial charge in [0.25, 0.3) is 0 Å². The van der Waals surface area contributed by atoms with Crippen molar-refractivity contribution in [3.8, 4) is 16.9 Å². The molecule has 1 aliphatic heterocycles. The molecule has 35 heavy (non-hydrogen) atoms. The second-order valence-corrected chi connectivity index (χ2v) is 8.25. The Morgan fingerprint density at radius 2 is 1.51 bits per heavy atom. The molecule has 188 valence electrons. The van der Waals surface area contributed by atoms with Crippen molar-refractivity contribution < 1.29 is 42.5 Å². The number of alkyl halides is 1. The summed E-state index contributed by atoms with van der Waals surface area (Å²) in [5, 5.41) is 0. The van der Waals surface area contributed by atoms with Crippen LogP contribution >= 0.6 is 0 Å². The quantitative estimate of drug-likeness (QED) is 0.419. The molecule has 0 saturated carbocycles. The van der Waals surface area contributed by atoms with Crippen molar-refractivity contribution in [3.63, 3.8) is 0 Å². The first-order valence-corrected chi connectivity index (χ1v) is 11.2. The SMILES string of the molecule is CC[C@H]1O[C@H](Oc2ccc(-c3cc(C(=O)OC)cc(C(=O)OC)c3)cc2)[C@@H](F)[C@@H](OC(C)=O)[C@@H]1C. The third-order valence-corrected chi connectivity index (χ3v) is 5.91. The minimum absolute atomic E-state index is 0.192. The second-order valence-electron chi connectivity index (χ2n) is 8.25. The molecule has 0 unspecified atom stereocenters. The second kappa shape index (κ2) is 11.3. The van der Waals surface area contributed by atoms with Crippen LogP contribution in [0.5, 0.6) is 5.75 Å². The molecule has 5 atom stereocenters. The predicted octanol–water partition coefficient (Wildman–Crippen LogP) is 4.35. The lowest BCUT2D eigenvalue weighted by atomic mass is 9.90. The van der Waals surface area contributed by atoms with E-state index in [2.05, 4.69) is 0 Å². The number of halogens is 1. The van der Waals surface area contributed by atoms with Gasteiger partial charge in [0.2, 0.25) is 6.29 Å². The zero-order valence-corrected chi connectivity index (χ0v) is 20.3. The van der Waals surface area contributed by atoms with Crippen molar-refractivity contribution in [2.24, 2.45) is 5.92 Å². The normalized spacial score (nSPS) is 23.8. The third-order valence-electron chi connectivity index (χ3n) is 5.91. The molecule has 1 heterocycles. The standard InChI is InChI=1S/C26H29FO8/c1-6-21-14(2)23(33-15(3)28)22(27)26(35-21)34-20-9-7-16(8-10-20)17-11-18(24(29)31-4)13-19(12-17)25(30)32-5/h7-14,21-23,26H,6H2,1-5H3/t14-,21-,22+,23+,26+/m1/s1. The number of carbonyl (C=O) groups excluding carboxylic acids is 3. The Labute approximate surface area is 203 Å². The fourth-order valence-electron chi connectivity index (χ4n) is 4.08. The van der Waals surface area contributed by atoms with Crippen molar-refractivity contribution in [2.45, 2.75) is 51.9 Å². The van der Waals surface area contributed by atoms with Crippen LogP contribution in [0.2, 0.25) is 0 Å². The van der Waals surface area contributed by atoms with Crippen LogP contribution in [0, 0.1) is 5.92 Å². The van der Waals surface area contributed by atoms with E-state index in [0.717, 1.165) is 0 Å². The highest BCUT2D eigenvalue weighted by atomic mass is 19.1. The van der Waals surface area contributed by atoms with Crippen molar-refractivity contribution in [1.29, 1.82) is 0 Å². The molecule has 8 nitrogen and oxygen atoms in total. The van der Waals surface area contributed by atoms with Gasteiger partial charge >= 0.3 is 17.9 Å². The van der Waals surface area contributed by atoms with Crippen LogP contribution in [-0.2, 0) is 23.7 Å². The number of esters is 3. The lowest BCUT2D eigenvalue weighted by Crippen LogP contribution is -2.54. The van der Waals surface area contributed by atoms with E-state index in [4.69, 9.17) is 23.7 Å². The van der Waals surface area contributed by atoms with E-state index in [9.17, 15) is 14.4 Å². The Balaban J connectivity index is 1.84. The topological polar surface area (TPSA) is 97.4 Å². The molecule has 0 N–H and O–H groups in total. The van der Waals surface area contributed by atoms with Crippen LogP contribution in [0.3, 0.4) is 0 Å². The number of methoxy groups -OCH3 is 2. The smallest absolute Gasteiger partial charge is 0.337 e. The Bertz CT molecular complexity index is 1030. The van der Waals surface area contributed by atoms with E-state index in [-0.39, 0.29) is 23.1 Å². The maximum Gasteiger partial charge on any atom is 0.337 e. The van der Waals surface area contributed by atoms with Crippen molar-refractivity contribution in [3.05, 3.63) is 53.6 Å². The van der Waals surface area contributed by atoms with Crippen LogP contribution in [0.4, 0.5) is 4.39 Å². The Morgan fingerprint density at radius 1 is 0.943 bits per heavy atom. The average Bonchev–Trinajstić information content (AvgIpc) is 2.87. The minimum atomic E-state index is -1.67. The van der Waals surface area contributed by atoms with Gasteiger partial charge in [0.15, 0.2) is 6.17 Å². The maximum absolute atomic E-state index is 15.2. The van der Waals surface area contributed by atoms with Gasteiger partial charge in [0, 0.05) is 12.8 Å². The molecule has 0 amide bonds. The van der Waals surface area contributed by atoms with E-state index in [1.54, 1.807) is 43.3 Å². The molecule has 0 radical (unpaired) electrons. The van der Waals surface area contributed by atoms with Gasteiger partial charge in [0.05, 0.1) is 31.5 Å². The van der Waals surface area contributed by atoms with Crippen LogP contribution in [-0.4, -0.2) is 56.8 Å². The maximum atomic E-state index is 15.2. The summed E-state index contributed by atoms with van der Waals surface area (Å²) >= 11 is 0. The Morgan fingerprint density at radius 3 is 2.00 bits per heavy atom. The minimum Gasteiger partial charge on any atom is -0.465 e. The Kier molecular flexibility index (Phi) is 8.45. The van der Waals surface area contributed by atoms with E-state index < -0.39 is 36.5 Å². The molecule has 0 bridgehead atoms. The summed E-state index contributed by atoms with van der Waals surface area (Å²) in [7, 11) is 2.50. The third kappa shape index (κ3) is 5.97. The van der Waals surface area contributed by atoms with Crippen LogP contribution < -0.4 is 4.74 Å². The van der Waals surface area contributed by atoms with Crippen molar-refractivity contribution in [1.82, 2.24) is 0 Å². The van der Waals surface area contributed by atoms with Crippen LogP contribution in [0.15, 0.2) is 42.5 Å². The number of hydrogen-bond acceptors (Lipinski definition) is 8. The first-order valence-electron chi connectivity index (χ1n) is 11.2. The van der Waals surface area contributed by atoms with Gasteiger partial charge in [-0.3, -0.25) is 4.79 Å². The van der Waals surface area contributed by atoms with E-state index in [1.807, 2.05) is 6.92 Å². The molecule has 0 aliphatic carbocycles. The molecule has 1 aliphatic rings. The Hall–Kier alpha value is -3.46. The fourth-order valence-corrected chi connectivity index (χ4v) is 4.08. The number of carbonyl (C=O) groups is 3. The van der Waals surface area contributed by atoms with Crippen LogP contribution in [0.1, 0.15) is 47.9 Å². The molecular weight excluding hydrogens is 459 g/mol. The summed E-state index contributed by atoms with van der Waals surface area (Å²) in [6.45, 7) is 4.93. The van der Waals surface area contributed by atoms with Gasteiger partial charge in [-0.05, 0) is 47.9 Å². The summed E-state index contributed by atoms with van der Waals surface area (Å²) in [4.78, 5) is 35.6. The summed E-state index contributed by atoms with van der Waals surface area (Å²) < 4.78 is 41.5. The van der Waals surface area contributed by atoms with E-state index in [0.29, 0.717) is 23.3 Å². The van der Waals surface area contributed by atoms with Crippen molar-refractivity contribution >= 4 is 17.9 Å². The molecular formula is C26H29FO8. The molecule has 1 fully saturated rings. The molecule has 9 heteroatoms. The summed E-state index contributed by atoms with van der Waals surface area (Å²) in [6.07, 6.45) is -3.64. The molecule has 2 aromatic carbocycles. The molecule has 2 aromatic rings. The zero-order chi connectivity index (χ0) is 25.7. The number of hydrogen-bond donors (Lipinski definition) is 0.